The van der Waals surface area contributed by atoms with Gasteiger partial charge in [0.15, 0.2) is 0 Å². The van der Waals surface area contributed by atoms with Crippen LogP contribution in [0.5, 0.6) is 0 Å². The number of amides is 2. The van der Waals surface area contributed by atoms with Gasteiger partial charge in [0.25, 0.3) is 0 Å². The van der Waals surface area contributed by atoms with Crippen LogP contribution in [0.2, 0.25) is 0 Å². The number of hydrogen-bond donors (Lipinski definition) is 2. The molecule has 0 bridgehead atoms. The molecule has 1 unspecified atom stereocenters. The second kappa shape index (κ2) is 6.29. The Balaban J connectivity index is 1.80. The van der Waals surface area contributed by atoms with E-state index in [1.165, 1.54) is 18.2 Å². The number of hydrogen-bond acceptors (Lipinski definition) is 3. The predicted molar refractivity (Wildman–Crippen MR) is 67.0 cm³/mol. The Morgan fingerprint density at radius 1 is 1.37 bits per heavy atom. The normalized spacial score (nSPS) is 18.1. The number of rotatable bonds is 3. The maximum Gasteiger partial charge on any atom is 0.313 e. The second-order valence-electron chi connectivity index (χ2n) is 4.31. The zero-order valence-corrected chi connectivity index (χ0v) is 10.3. The average Bonchev–Trinajstić information content (AvgIpc) is 2.89. The highest BCUT2D eigenvalue weighted by atomic mass is 19.1. The predicted octanol–water partition coefficient (Wildman–Crippen LogP) is 1.06. The quantitative estimate of drug-likeness (QED) is 0.804. The smallest absolute Gasteiger partial charge is 0.313 e. The molecule has 1 aliphatic heterocycles. The van der Waals surface area contributed by atoms with Crippen molar-refractivity contribution < 1.29 is 18.7 Å². The number of halogens is 1. The van der Waals surface area contributed by atoms with Crippen molar-refractivity contribution in [2.75, 3.05) is 18.5 Å². The molecular formula is C13H15FN2O3. The molecule has 0 radical (unpaired) electrons. The maximum atomic E-state index is 12.9. The monoisotopic (exact) mass is 266 g/mol. The number of anilines is 1. The van der Waals surface area contributed by atoms with E-state index in [9.17, 15) is 14.0 Å². The molecule has 1 fully saturated rings. The summed E-state index contributed by atoms with van der Waals surface area (Å²) < 4.78 is 18.2. The van der Waals surface area contributed by atoms with Crippen LogP contribution in [-0.4, -0.2) is 31.1 Å². The molecule has 6 heteroatoms. The van der Waals surface area contributed by atoms with Crippen LogP contribution < -0.4 is 10.6 Å². The molecule has 0 aliphatic carbocycles. The van der Waals surface area contributed by atoms with E-state index in [4.69, 9.17) is 4.74 Å². The van der Waals surface area contributed by atoms with Crippen molar-refractivity contribution in [3.8, 4) is 0 Å². The van der Waals surface area contributed by atoms with Crippen LogP contribution in [0.4, 0.5) is 10.1 Å². The van der Waals surface area contributed by atoms with Crippen LogP contribution >= 0.6 is 0 Å². The fourth-order valence-corrected chi connectivity index (χ4v) is 1.85. The molecule has 0 saturated carbocycles. The molecule has 5 nitrogen and oxygen atoms in total. The summed E-state index contributed by atoms with van der Waals surface area (Å²) in [5.74, 6) is -2.04. The van der Waals surface area contributed by atoms with E-state index in [1.54, 1.807) is 0 Å². The highest BCUT2D eigenvalue weighted by Gasteiger charge is 2.19. The van der Waals surface area contributed by atoms with Crippen molar-refractivity contribution in [1.82, 2.24) is 5.32 Å². The zero-order valence-electron chi connectivity index (χ0n) is 10.3. The van der Waals surface area contributed by atoms with Gasteiger partial charge in [0.1, 0.15) is 5.82 Å². The molecule has 1 saturated heterocycles. The lowest BCUT2D eigenvalue weighted by molar-refractivity contribution is -0.136. The second-order valence-corrected chi connectivity index (χ2v) is 4.31. The summed E-state index contributed by atoms with van der Waals surface area (Å²) in [6.45, 7) is 1.01. The molecule has 2 rings (SSSR count). The first-order valence-electron chi connectivity index (χ1n) is 6.11. The molecule has 1 aromatic rings. The number of ether oxygens (including phenoxy) is 1. The highest BCUT2D eigenvalue weighted by Crippen LogP contribution is 2.11. The first kappa shape index (κ1) is 13.5. The maximum absolute atomic E-state index is 12.9. The van der Waals surface area contributed by atoms with Crippen LogP contribution in [0.15, 0.2) is 24.3 Å². The third-order valence-electron chi connectivity index (χ3n) is 2.80. The number of nitrogens with one attached hydrogen (secondary N) is 2. The van der Waals surface area contributed by atoms with Gasteiger partial charge >= 0.3 is 11.8 Å². The average molecular weight is 266 g/mol. The topological polar surface area (TPSA) is 67.4 Å². The Kier molecular flexibility index (Phi) is 4.46. The molecule has 1 aromatic carbocycles. The summed E-state index contributed by atoms with van der Waals surface area (Å²) >= 11 is 0. The summed E-state index contributed by atoms with van der Waals surface area (Å²) in [5.41, 5.74) is 0.247. The van der Waals surface area contributed by atoms with Crippen molar-refractivity contribution in [3.63, 3.8) is 0 Å². The lowest BCUT2D eigenvalue weighted by Gasteiger charge is -2.10. The summed E-state index contributed by atoms with van der Waals surface area (Å²) in [7, 11) is 0. The standard InChI is InChI=1S/C13H15FN2O3/c14-9-3-1-4-10(7-9)16-13(18)12(17)15-8-11-5-2-6-19-11/h1,3-4,7,11H,2,5-6,8H2,(H,15,17)(H,16,18). The number of benzene rings is 1. The lowest BCUT2D eigenvalue weighted by atomic mass is 10.2. The molecule has 19 heavy (non-hydrogen) atoms. The Morgan fingerprint density at radius 3 is 2.89 bits per heavy atom. The van der Waals surface area contributed by atoms with E-state index in [-0.39, 0.29) is 11.8 Å². The van der Waals surface area contributed by atoms with E-state index in [1.807, 2.05) is 0 Å². The molecule has 2 amide bonds. The SMILES string of the molecule is O=C(NCC1CCCO1)C(=O)Nc1cccc(F)c1. The first-order valence-corrected chi connectivity index (χ1v) is 6.11. The minimum atomic E-state index is -0.816. The van der Waals surface area contributed by atoms with E-state index in [0.717, 1.165) is 18.9 Å². The van der Waals surface area contributed by atoms with Gasteiger partial charge < -0.3 is 15.4 Å². The molecule has 102 valence electrons. The van der Waals surface area contributed by atoms with Crippen molar-refractivity contribution in [1.29, 1.82) is 0 Å². The summed E-state index contributed by atoms with van der Waals surface area (Å²) in [4.78, 5) is 23.1. The van der Waals surface area contributed by atoms with Crippen LogP contribution in [0.3, 0.4) is 0 Å². The van der Waals surface area contributed by atoms with Crippen LogP contribution in [0.1, 0.15) is 12.8 Å². The van der Waals surface area contributed by atoms with Gasteiger partial charge in [-0.1, -0.05) is 6.07 Å². The molecule has 2 N–H and O–H groups in total. The fourth-order valence-electron chi connectivity index (χ4n) is 1.85. The number of carbonyl (C=O) groups excluding carboxylic acids is 2. The van der Waals surface area contributed by atoms with E-state index < -0.39 is 17.6 Å². The van der Waals surface area contributed by atoms with Crippen LogP contribution in [0, 0.1) is 5.82 Å². The van der Waals surface area contributed by atoms with E-state index in [2.05, 4.69) is 10.6 Å². The van der Waals surface area contributed by atoms with Gasteiger partial charge in [-0.3, -0.25) is 9.59 Å². The molecule has 0 aromatic heterocycles. The van der Waals surface area contributed by atoms with E-state index in [0.29, 0.717) is 13.2 Å². The third-order valence-corrected chi connectivity index (χ3v) is 2.80. The minimum Gasteiger partial charge on any atom is -0.376 e. The summed E-state index contributed by atoms with van der Waals surface area (Å²) in [6, 6.07) is 5.36. The lowest BCUT2D eigenvalue weighted by Crippen LogP contribution is -2.39. The van der Waals surface area contributed by atoms with Gasteiger partial charge in [-0.15, -0.1) is 0 Å². The fraction of sp³-hybridized carbons (Fsp3) is 0.385. The zero-order chi connectivity index (χ0) is 13.7. The van der Waals surface area contributed by atoms with E-state index >= 15 is 0 Å². The molecule has 1 atom stereocenters. The molecular weight excluding hydrogens is 251 g/mol. The van der Waals surface area contributed by atoms with Gasteiger partial charge in [-0.25, -0.2) is 4.39 Å². The molecule has 1 aliphatic rings. The van der Waals surface area contributed by atoms with Gasteiger partial charge in [0.2, 0.25) is 0 Å². The largest absolute Gasteiger partial charge is 0.376 e. The number of carbonyl (C=O) groups is 2. The van der Waals surface area contributed by atoms with Gasteiger partial charge in [0, 0.05) is 18.8 Å². The van der Waals surface area contributed by atoms with Gasteiger partial charge in [0.05, 0.1) is 6.10 Å². The van der Waals surface area contributed by atoms with Crippen molar-refractivity contribution in [2.45, 2.75) is 18.9 Å². The third kappa shape index (κ3) is 4.03. The highest BCUT2D eigenvalue weighted by molar-refractivity contribution is 6.39. The van der Waals surface area contributed by atoms with Crippen LogP contribution in [-0.2, 0) is 14.3 Å². The van der Waals surface area contributed by atoms with Gasteiger partial charge in [-0.2, -0.15) is 0 Å². The van der Waals surface area contributed by atoms with Crippen molar-refractivity contribution in [2.24, 2.45) is 0 Å². The Morgan fingerprint density at radius 2 is 2.21 bits per heavy atom. The summed E-state index contributed by atoms with van der Waals surface area (Å²) in [6.07, 6.45) is 1.83. The van der Waals surface area contributed by atoms with Crippen molar-refractivity contribution in [3.05, 3.63) is 30.1 Å². The first-order chi connectivity index (χ1) is 9.15. The Bertz CT molecular complexity index is 473. The van der Waals surface area contributed by atoms with Crippen molar-refractivity contribution >= 4 is 17.5 Å². The Hall–Kier alpha value is -1.95. The summed E-state index contributed by atoms with van der Waals surface area (Å²) in [5, 5.41) is 4.82. The molecule has 1 heterocycles. The van der Waals surface area contributed by atoms with Crippen LogP contribution in [0.25, 0.3) is 0 Å². The van der Waals surface area contributed by atoms with Gasteiger partial charge in [-0.05, 0) is 31.0 Å². The Labute approximate surface area is 110 Å². The molecule has 0 spiro atoms. The minimum absolute atomic E-state index is 0.0223.